The van der Waals surface area contributed by atoms with Gasteiger partial charge in [0.05, 0.1) is 5.69 Å². The predicted octanol–water partition coefficient (Wildman–Crippen LogP) is 13.6. The van der Waals surface area contributed by atoms with Crippen molar-refractivity contribution in [2.24, 2.45) is 0 Å². The third-order valence-electron chi connectivity index (χ3n) is 10.5. The SMILES string of the molecule is CC1(C)c2ccccc2-c2ccc(-c3ccc(N(c4ccc(-c5ccccc5)cc4)c4cccc5ccccc45)cc3-c3ccccc3)cc21. The number of anilines is 3. The van der Waals surface area contributed by atoms with Gasteiger partial charge in [0, 0.05) is 22.2 Å². The van der Waals surface area contributed by atoms with E-state index in [1.165, 1.54) is 66.4 Å². The first-order valence-electron chi connectivity index (χ1n) is 17.4. The highest BCUT2D eigenvalue weighted by molar-refractivity contribution is 6.00. The molecule has 0 radical (unpaired) electrons. The van der Waals surface area contributed by atoms with Gasteiger partial charge >= 0.3 is 0 Å². The maximum Gasteiger partial charge on any atom is 0.0540 e. The molecule has 0 heterocycles. The molecule has 50 heavy (non-hydrogen) atoms. The standard InChI is InChI=1S/C49H37N/c1-49(2)46-22-12-11-21-43(46)44-30-26-38(32-47(44)49)41-31-29-40(33-45(41)37-16-7-4-8-17-37)50(48-23-13-19-36-18-9-10-20-42(36)48)39-27-24-35(25-28-39)34-14-5-3-6-15-34/h3-33H,1-2H3. The largest absolute Gasteiger partial charge is 0.310 e. The Morgan fingerprint density at radius 3 is 1.74 bits per heavy atom. The molecule has 0 unspecified atom stereocenters. The molecule has 0 spiro atoms. The Hall–Kier alpha value is -6.18. The quantitative estimate of drug-likeness (QED) is 0.175. The second kappa shape index (κ2) is 12.1. The van der Waals surface area contributed by atoms with Crippen molar-refractivity contribution in [3.63, 3.8) is 0 Å². The summed E-state index contributed by atoms with van der Waals surface area (Å²) >= 11 is 0. The molecule has 1 heteroatoms. The number of benzene rings is 8. The van der Waals surface area contributed by atoms with Crippen LogP contribution in [0.15, 0.2) is 188 Å². The molecule has 0 fully saturated rings. The summed E-state index contributed by atoms with van der Waals surface area (Å²) in [5.41, 5.74) is 16.1. The minimum Gasteiger partial charge on any atom is -0.310 e. The fraction of sp³-hybridized carbons (Fsp3) is 0.0612. The zero-order valence-corrected chi connectivity index (χ0v) is 28.3. The van der Waals surface area contributed by atoms with E-state index in [1.54, 1.807) is 0 Å². The lowest BCUT2D eigenvalue weighted by molar-refractivity contribution is 0.660. The van der Waals surface area contributed by atoms with Crippen molar-refractivity contribution in [3.8, 4) is 44.5 Å². The minimum atomic E-state index is -0.0636. The molecule has 0 saturated carbocycles. The molecule has 1 nitrogen and oxygen atoms in total. The van der Waals surface area contributed by atoms with E-state index in [-0.39, 0.29) is 5.41 Å². The lowest BCUT2D eigenvalue weighted by Gasteiger charge is -2.28. The third-order valence-corrected chi connectivity index (χ3v) is 10.5. The second-order valence-electron chi connectivity index (χ2n) is 13.8. The van der Waals surface area contributed by atoms with Crippen molar-refractivity contribution in [2.75, 3.05) is 4.90 Å². The van der Waals surface area contributed by atoms with Crippen LogP contribution in [-0.4, -0.2) is 0 Å². The molecule has 1 aliphatic rings. The van der Waals surface area contributed by atoms with E-state index in [4.69, 9.17) is 0 Å². The summed E-state index contributed by atoms with van der Waals surface area (Å²) in [7, 11) is 0. The van der Waals surface area contributed by atoms with Gasteiger partial charge in [-0.2, -0.15) is 0 Å². The smallest absolute Gasteiger partial charge is 0.0540 e. The molecule has 0 bridgehead atoms. The summed E-state index contributed by atoms with van der Waals surface area (Å²) < 4.78 is 0. The highest BCUT2D eigenvalue weighted by Gasteiger charge is 2.35. The van der Waals surface area contributed by atoms with Crippen LogP contribution in [0.1, 0.15) is 25.0 Å². The Labute approximate surface area is 294 Å². The zero-order valence-electron chi connectivity index (χ0n) is 28.3. The second-order valence-corrected chi connectivity index (χ2v) is 13.8. The van der Waals surface area contributed by atoms with Crippen LogP contribution in [0.3, 0.4) is 0 Å². The summed E-state index contributed by atoms with van der Waals surface area (Å²) in [6.45, 7) is 4.71. The molecular formula is C49H37N. The van der Waals surface area contributed by atoms with Gasteiger partial charge in [-0.1, -0.05) is 166 Å². The Bertz CT molecular complexity index is 2490. The van der Waals surface area contributed by atoms with Crippen LogP contribution < -0.4 is 4.90 Å². The number of hydrogen-bond donors (Lipinski definition) is 0. The number of nitrogens with zero attached hydrogens (tertiary/aromatic N) is 1. The van der Waals surface area contributed by atoms with Gasteiger partial charge in [0.2, 0.25) is 0 Å². The first kappa shape index (κ1) is 29.9. The van der Waals surface area contributed by atoms with Gasteiger partial charge in [-0.15, -0.1) is 0 Å². The molecule has 8 aromatic rings. The molecule has 8 aromatic carbocycles. The maximum absolute atomic E-state index is 2.43. The van der Waals surface area contributed by atoms with Gasteiger partial charge in [0.25, 0.3) is 0 Å². The fourth-order valence-corrected chi connectivity index (χ4v) is 7.92. The summed E-state index contributed by atoms with van der Waals surface area (Å²) in [5, 5.41) is 2.44. The van der Waals surface area contributed by atoms with Crippen molar-refractivity contribution in [2.45, 2.75) is 19.3 Å². The molecule has 9 rings (SSSR count). The van der Waals surface area contributed by atoms with Crippen molar-refractivity contribution < 1.29 is 0 Å². The monoisotopic (exact) mass is 639 g/mol. The van der Waals surface area contributed by atoms with Gasteiger partial charge in [-0.3, -0.25) is 0 Å². The van der Waals surface area contributed by atoms with Gasteiger partial charge in [-0.25, -0.2) is 0 Å². The molecule has 0 saturated heterocycles. The lowest BCUT2D eigenvalue weighted by Crippen LogP contribution is -2.15. The molecule has 0 amide bonds. The molecule has 0 N–H and O–H groups in total. The Morgan fingerprint density at radius 1 is 0.360 bits per heavy atom. The van der Waals surface area contributed by atoms with E-state index < -0.39 is 0 Å². The highest BCUT2D eigenvalue weighted by Crippen LogP contribution is 2.50. The van der Waals surface area contributed by atoms with Gasteiger partial charge in [0.1, 0.15) is 0 Å². The molecular weight excluding hydrogens is 603 g/mol. The average Bonchev–Trinajstić information content (AvgIpc) is 3.41. The van der Waals surface area contributed by atoms with Gasteiger partial charge in [0.15, 0.2) is 0 Å². The zero-order chi connectivity index (χ0) is 33.7. The molecule has 0 aromatic heterocycles. The molecule has 1 aliphatic carbocycles. The molecule has 238 valence electrons. The average molecular weight is 640 g/mol. The summed E-state index contributed by atoms with van der Waals surface area (Å²) in [6, 6.07) is 68.6. The predicted molar refractivity (Wildman–Crippen MR) is 213 cm³/mol. The van der Waals surface area contributed by atoms with Gasteiger partial charge in [-0.05, 0) is 97.4 Å². The van der Waals surface area contributed by atoms with Crippen molar-refractivity contribution in [3.05, 3.63) is 199 Å². The molecule has 0 atom stereocenters. The van der Waals surface area contributed by atoms with Crippen LogP contribution in [0.2, 0.25) is 0 Å². The number of hydrogen-bond acceptors (Lipinski definition) is 1. The fourth-order valence-electron chi connectivity index (χ4n) is 7.92. The van der Waals surface area contributed by atoms with E-state index in [0.29, 0.717) is 0 Å². The van der Waals surface area contributed by atoms with Crippen molar-refractivity contribution in [1.29, 1.82) is 0 Å². The molecule has 0 aliphatic heterocycles. The maximum atomic E-state index is 2.43. The Kier molecular flexibility index (Phi) is 7.21. The van der Waals surface area contributed by atoms with E-state index in [9.17, 15) is 0 Å². The minimum absolute atomic E-state index is 0.0636. The van der Waals surface area contributed by atoms with Crippen LogP contribution in [-0.2, 0) is 5.41 Å². The van der Waals surface area contributed by atoms with E-state index >= 15 is 0 Å². The van der Waals surface area contributed by atoms with Crippen LogP contribution in [0.5, 0.6) is 0 Å². The topological polar surface area (TPSA) is 3.24 Å². The Morgan fingerprint density at radius 2 is 0.940 bits per heavy atom. The van der Waals surface area contributed by atoms with Crippen molar-refractivity contribution in [1.82, 2.24) is 0 Å². The number of fused-ring (bicyclic) bond motifs is 4. The first-order chi connectivity index (χ1) is 24.6. The summed E-state index contributed by atoms with van der Waals surface area (Å²) in [5.74, 6) is 0. The van der Waals surface area contributed by atoms with Crippen LogP contribution in [0.4, 0.5) is 17.1 Å². The van der Waals surface area contributed by atoms with Crippen LogP contribution in [0.25, 0.3) is 55.3 Å². The summed E-state index contributed by atoms with van der Waals surface area (Å²) in [6.07, 6.45) is 0. The lowest BCUT2D eigenvalue weighted by atomic mass is 9.81. The van der Waals surface area contributed by atoms with Crippen LogP contribution in [0, 0.1) is 0 Å². The van der Waals surface area contributed by atoms with Crippen molar-refractivity contribution >= 4 is 27.8 Å². The Balaban J connectivity index is 1.23. The summed E-state index contributed by atoms with van der Waals surface area (Å²) in [4.78, 5) is 2.41. The third kappa shape index (κ3) is 5.02. The number of rotatable bonds is 6. The highest BCUT2D eigenvalue weighted by atomic mass is 15.1. The van der Waals surface area contributed by atoms with E-state index in [2.05, 4.69) is 207 Å². The van der Waals surface area contributed by atoms with Gasteiger partial charge < -0.3 is 4.90 Å². The normalized spacial score (nSPS) is 12.8. The van der Waals surface area contributed by atoms with E-state index in [1.807, 2.05) is 0 Å². The van der Waals surface area contributed by atoms with Crippen LogP contribution >= 0.6 is 0 Å². The first-order valence-corrected chi connectivity index (χ1v) is 17.4. The van der Waals surface area contributed by atoms with E-state index in [0.717, 1.165) is 17.1 Å².